The summed E-state index contributed by atoms with van der Waals surface area (Å²) in [6.07, 6.45) is 13.5. The standard InChI is InChI=1S/C12H20N2O3.C9H10N4.C2H2/c15-10-5-7-14(8-10)12(17)9-13-6-3-1-2-4-11(13)16;1-7-3-2-4-8(5-7)13-9(11)12-6-10;1-2/h10,15H,1-9H2;2-5H,1H3,(H3,11,12,13);1-2H. The van der Waals surface area contributed by atoms with Gasteiger partial charge in [0.15, 0.2) is 6.19 Å². The van der Waals surface area contributed by atoms with Gasteiger partial charge in [0.05, 0.1) is 18.3 Å². The third-order valence-electron chi connectivity index (χ3n) is 4.95. The smallest absolute Gasteiger partial charge is 0.242 e. The molecule has 0 radical (unpaired) electrons. The molecule has 2 amide bonds. The molecule has 4 N–H and O–H groups in total. The van der Waals surface area contributed by atoms with Gasteiger partial charge in [-0.25, -0.2) is 4.99 Å². The highest BCUT2D eigenvalue weighted by molar-refractivity contribution is 5.85. The molecule has 2 saturated heterocycles. The van der Waals surface area contributed by atoms with Gasteiger partial charge in [-0.05, 0) is 43.9 Å². The van der Waals surface area contributed by atoms with Crippen molar-refractivity contribution < 1.29 is 14.7 Å². The summed E-state index contributed by atoms with van der Waals surface area (Å²) in [6, 6.07) is 7.55. The molecule has 9 nitrogen and oxygen atoms in total. The Kier molecular flexibility index (Phi) is 12.0. The van der Waals surface area contributed by atoms with E-state index in [1.54, 1.807) is 16.0 Å². The molecule has 9 heteroatoms. The van der Waals surface area contributed by atoms with Crippen LogP contribution in [-0.2, 0) is 9.59 Å². The van der Waals surface area contributed by atoms with E-state index in [1.807, 2.05) is 31.2 Å². The van der Waals surface area contributed by atoms with E-state index in [9.17, 15) is 14.7 Å². The Labute approximate surface area is 189 Å². The van der Waals surface area contributed by atoms with Crippen LogP contribution in [0.25, 0.3) is 0 Å². The number of β-amino-alcohol motifs (C(OH)–C–C–N with tert-alkyl or cyclic N) is 1. The number of nitrogens with zero attached hydrogens (tertiary/aromatic N) is 4. The van der Waals surface area contributed by atoms with E-state index in [0.29, 0.717) is 32.5 Å². The first-order chi connectivity index (χ1) is 15.4. The molecule has 2 heterocycles. The number of carbonyl (C=O) groups excluding carboxylic acids is 2. The Morgan fingerprint density at radius 1 is 1.34 bits per heavy atom. The minimum atomic E-state index is -0.390. The summed E-state index contributed by atoms with van der Waals surface area (Å²) < 4.78 is 0. The summed E-state index contributed by atoms with van der Waals surface area (Å²) in [6.45, 7) is 3.88. The molecule has 1 aromatic carbocycles. The predicted molar refractivity (Wildman–Crippen MR) is 123 cm³/mol. The highest BCUT2D eigenvalue weighted by atomic mass is 16.3. The molecular formula is C23H32N6O3. The third kappa shape index (κ3) is 9.50. The fourth-order valence-electron chi connectivity index (χ4n) is 3.36. The lowest BCUT2D eigenvalue weighted by Gasteiger charge is -2.23. The quantitative estimate of drug-likeness (QED) is 0.213. The molecule has 2 aliphatic heterocycles. The lowest BCUT2D eigenvalue weighted by molar-refractivity contribution is -0.139. The van der Waals surface area contributed by atoms with Crippen LogP contribution in [0.4, 0.5) is 5.69 Å². The van der Waals surface area contributed by atoms with E-state index in [-0.39, 0.29) is 24.3 Å². The van der Waals surface area contributed by atoms with Crippen LogP contribution in [0.15, 0.2) is 29.3 Å². The van der Waals surface area contributed by atoms with Gasteiger partial charge in [-0.3, -0.25) is 14.9 Å². The first-order valence-electron chi connectivity index (χ1n) is 10.5. The maximum atomic E-state index is 11.9. The van der Waals surface area contributed by atoms with Crippen molar-refractivity contribution in [3.8, 4) is 19.0 Å². The van der Waals surface area contributed by atoms with Gasteiger partial charge in [-0.1, -0.05) is 18.6 Å². The van der Waals surface area contributed by atoms with Crippen molar-refractivity contribution in [3.63, 3.8) is 0 Å². The van der Waals surface area contributed by atoms with E-state index >= 15 is 0 Å². The molecule has 0 aromatic heterocycles. The largest absolute Gasteiger partial charge is 0.391 e. The predicted octanol–water partition coefficient (Wildman–Crippen LogP) is 1.24. The number of nitrogens with two attached hydrogens (primary N) is 1. The first kappa shape index (κ1) is 26.5. The number of terminal acetylenes is 1. The van der Waals surface area contributed by atoms with Crippen molar-refractivity contribution in [1.29, 1.82) is 5.26 Å². The summed E-state index contributed by atoms with van der Waals surface area (Å²) in [5.74, 6) is 0.167. The summed E-state index contributed by atoms with van der Waals surface area (Å²) in [5, 5.41) is 19.9. The second-order valence-corrected chi connectivity index (χ2v) is 7.48. The maximum absolute atomic E-state index is 11.9. The zero-order valence-electron chi connectivity index (χ0n) is 18.5. The molecule has 3 rings (SSSR count). The number of aliphatic imine (C=N–C) groups is 1. The number of amides is 2. The van der Waals surface area contributed by atoms with E-state index in [0.717, 1.165) is 30.5 Å². The van der Waals surface area contributed by atoms with Gasteiger partial charge < -0.3 is 20.6 Å². The molecule has 1 unspecified atom stereocenters. The molecule has 2 fully saturated rings. The zero-order chi connectivity index (χ0) is 23.9. The van der Waals surface area contributed by atoms with Crippen LogP contribution in [0.2, 0.25) is 0 Å². The number of rotatable bonds is 3. The Morgan fingerprint density at radius 2 is 2.09 bits per heavy atom. The number of nitrogens with one attached hydrogen (secondary N) is 1. The molecular weight excluding hydrogens is 408 g/mol. The van der Waals surface area contributed by atoms with Crippen LogP contribution in [0.1, 0.15) is 37.7 Å². The summed E-state index contributed by atoms with van der Waals surface area (Å²) >= 11 is 0. The number of aryl methyl sites for hydroxylation is 1. The van der Waals surface area contributed by atoms with Crippen LogP contribution in [0, 0.1) is 31.2 Å². The highest BCUT2D eigenvalue weighted by Gasteiger charge is 2.27. The Hall–Kier alpha value is -3.56. The molecule has 0 saturated carbocycles. The number of nitriles is 1. The lowest BCUT2D eigenvalue weighted by atomic mass is 10.2. The van der Waals surface area contributed by atoms with Gasteiger partial charge in [0.25, 0.3) is 0 Å². The minimum absolute atomic E-state index is 0.0307. The van der Waals surface area contributed by atoms with E-state index in [4.69, 9.17) is 11.0 Å². The van der Waals surface area contributed by atoms with Crippen molar-refractivity contribution in [1.82, 2.24) is 15.1 Å². The monoisotopic (exact) mass is 440 g/mol. The Bertz CT molecular complexity index is 846. The molecule has 1 atom stereocenters. The van der Waals surface area contributed by atoms with Gasteiger partial charge in [-0.2, -0.15) is 5.26 Å². The Morgan fingerprint density at radius 3 is 2.72 bits per heavy atom. The van der Waals surface area contributed by atoms with Crippen molar-refractivity contribution in [2.45, 2.75) is 45.1 Å². The van der Waals surface area contributed by atoms with E-state index < -0.39 is 6.10 Å². The lowest BCUT2D eigenvalue weighted by Crippen LogP contribution is -2.42. The van der Waals surface area contributed by atoms with Crippen molar-refractivity contribution >= 4 is 23.5 Å². The second kappa shape index (κ2) is 14.4. The van der Waals surface area contributed by atoms with Crippen molar-refractivity contribution in [2.24, 2.45) is 10.7 Å². The summed E-state index contributed by atoms with van der Waals surface area (Å²) in [4.78, 5) is 31.0. The molecule has 0 aliphatic carbocycles. The normalized spacial score (nSPS) is 18.3. The number of aliphatic hydroxyl groups is 1. The van der Waals surface area contributed by atoms with Crippen LogP contribution in [0.3, 0.4) is 0 Å². The zero-order valence-corrected chi connectivity index (χ0v) is 18.5. The fraction of sp³-hybridized carbons (Fsp3) is 0.478. The maximum Gasteiger partial charge on any atom is 0.242 e. The minimum Gasteiger partial charge on any atom is -0.391 e. The molecule has 32 heavy (non-hydrogen) atoms. The summed E-state index contributed by atoms with van der Waals surface area (Å²) in [7, 11) is 0. The average Bonchev–Trinajstić information content (AvgIpc) is 3.11. The molecule has 0 spiro atoms. The average molecular weight is 441 g/mol. The van der Waals surface area contributed by atoms with Gasteiger partial charge >= 0.3 is 0 Å². The van der Waals surface area contributed by atoms with Crippen molar-refractivity contribution in [3.05, 3.63) is 29.8 Å². The number of aliphatic hydroxyl groups excluding tert-OH is 1. The molecule has 2 aliphatic rings. The van der Waals surface area contributed by atoms with E-state index in [2.05, 4.69) is 23.2 Å². The highest BCUT2D eigenvalue weighted by Crippen LogP contribution is 2.14. The van der Waals surface area contributed by atoms with Crippen molar-refractivity contribution in [2.75, 3.05) is 26.2 Å². The molecule has 172 valence electrons. The number of guanidine groups is 1. The van der Waals surface area contributed by atoms with E-state index in [1.165, 1.54) is 0 Å². The van der Waals surface area contributed by atoms with Gasteiger partial charge in [0.2, 0.25) is 17.8 Å². The van der Waals surface area contributed by atoms with Crippen LogP contribution in [0.5, 0.6) is 0 Å². The van der Waals surface area contributed by atoms with Gasteiger partial charge in [-0.15, -0.1) is 12.8 Å². The van der Waals surface area contributed by atoms with Crippen LogP contribution >= 0.6 is 0 Å². The Balaban J connectivity index is 0.000000307. The first-order valence-corrected chi connectivity index (χ1v) is 10.5. The fourth-order valence-corrected chi connectivity index (χ4v) is 3.36. The number of likely N-dealkylation sites (tertiary alicyclic amines) is 2. The summed E-state index contributed by atoms with van der Waals surface area (Å²) in [5.41, 5.74) is 7.22. The third-order valence-corrected chi connectivity index (χ3v) is 4.95. The number of hydrogen-bond donors (Lipinski definition) is 3. The number of benzene rings is 1. The second-order valence-electron chi connectivity index (χ2n) is 7.48. The molecule has 1 aromatic rings. The SMILES string of the molecule is C#C.Cc1cccc(N=C(N)NC#N)c1.O=C1CCCCCN1CC(=O)N1CCC(O)C1. The number of hydrogen-bond acceptors (Lipinski definition) is 5. The van der Waals surface area contributed by atoms with Gasteiger partial charge in [0.1, 0.15) is 0 Å². The van der Waals surface area contributed by atoms with Gasteiger partial charge in [0, 0.05) is 26.1 Å². The van der Waals surface area contributed by atoms with Crippen LogP contribution < -0.4 is 11.1 Å². The topological polar surface area (TPSA) is 135 Å². The molecule has 0 bridgehead atoms. The number of carbonyl (C=O) groups is 2. The van der Waals surface area contributed by atoms with Crippen LogP contribution in [-0.4, -0.2) is 65.0 Å².